The Bertz CT molecular complexity index is 494. The quantitative estimate of drug-likeness (QED) is 0.850. The highest BCUT2D eigenvalue weighted by atomic mass is 15.0. The highest BCUT2D eigenvalue weighted by Crippen LogP contribution is 2.57. The molecule has 4 saturated carbocycles. The maximum atomic E-state index is 6.65. The fourth-order valence-corrected chi connectivity index (χ4v) is 5.51. The summed E-state index contributed by atoms with van der Waals surface area (Å²) in [6.45, 7) is 2.16. The van der Waals surface area contributed by atoms with Crippen LogP contribution in [0.2, 0.25) is 0 Å². The molecule has 3 N–H and O–H groups in total. The Morgan fingerprint density at radius 3 is 2.53 bits per heavy atom. The minimum absolute atomic E-state index is 0.126. The van der Waals surface area contributed by atoms with Gasteiger partial charge in [-0.25, -0.2) is 0 Å². The van der Waals surface area contributed by atoms with E-state index < -0.39 is 0 Å². The Hall–Kier alpha value is -1.02. The van der Waals surface area contributed by atoms with E-state index in [1.807, 2.05) is 0 Å². The van der Waals surface area contributed by atoms with Gasteiger partial charge in [0.15, 0.2) is 0 Å². The third-order valence-corrected chi connectivity index (χ3v) is 5.53. The molecule has 5 rings (SSSR count). The number of nitrogens with two attached hydrogens (primary N) is 1. The van der Waals surface area contributed by atoms with E-state index in [0.717, 1.165) is 11.8 Å². The van der Waals surface area contributed by atoms with E-state index in [9.17, 15) is 0 Å². The molecule has 0 aromatic heterocycles. The van der Waals surface area contributed by atoms with Gasteiger partial charge in [0.05, 0.1) is 0 Å². The molecule has 4 aliphatic rings. The van der Waals surface area contributed by atoms with Crippen LogP contribution in [0, 0.1) is 18.8 Å². The van der Waals surface area contributed by atoms with Gasteiger partial charge >= 0.3 is 0 Å². The molecule has 0 aliphatic heterocycles. The van der Waals surface area contributed by atoms with Crippen molar-refractivity contribution >= 4 is 5.69 Å². The van der Waals surface area contributed by atoms with Crippen LogP contribution in [-0.2, 0) is 0 Å². The number of hydrogen-bond acceptors (Lipinski definition) is 2. The lowest BCUT2D eigenvalue weighted by atomic mass is 9.50. The number of hydrogen-bond donors (Lipinski definition) is 2. The van der Waals surface area contributed by atoms with Crippen molar-refractivity contribution in [3.05, 3.63) is 29.8 Å². The largest absolute Gasteiger partial charge is 0.380 e. The van der Waals surface area contributed by atoms with Crippen LogP contribution in [0.1, 0.15) is 44.1 Å². The highest BCUT2D eigenvalue weighted by Gasteiger charge is 2.56. The highest BCUT2D eigenvalue weighted by molar-refractivity contribution is 5.48. The summed E-state index contributed by atoms with van der Waals surface area (Å²) in [5.41, 5.74) is 9.67. The molecule has 0 radical (unpaired) electrons. The first-order chi connectivity index (χ1) is 9.04. The van der Waals surface area contributed by atoms with Crippen LogP contribution in [0.5, 0.6) is 0 Å². The summed E-state index contributed by atoms with van der Waals surface area (Å²) < 4.78 is 0. The van der Waals surface area contributed by atoms with Gasteiger partial charge in [0.25, 0.3) is 0 Å². The molecule has 0 amide bonds. The van der Waals surface area contributed by atoms with Gasteiger partial charge in [-0.2, -0.15) is 0 Å². The van der Waals surface area contributed by atoms with Gasteiger partial charge in [0, 0.05) is 16.8 Å². The molecule has 2 nitrogen and oxygen atoms in total. The topological polar surface area (TPSA) is 38.0 Å². The molecule has 0 spiro atoms. The number of anilines is 1. The Balaban J connectivity index is 1.63. The van der Waals surface area contributed by atoms with Gasteiger partial charge in [0.1, 0.15) is 0 Å². The monoisotopic (exact) mass is 256 g/mol. The van der Waals surface area contributed by atoms with Crippen LogP contribution in [-0.4, -0.2) is 11.1 Å². The molecular formula is C17H24N2. The van der Waals surface area contributed by atoms with E-state index in [4.69, 9.17) is 5.73 Å². The predicted octanol–water partition coefficient (Wildman–Crippen LogP) is 3.46. The lowest BCUT2D eigenvalue weighted by molar-refractivity contribution is -0.00775. The second-order valence-electron chi connectivity index (χ2n) is 7.60. The minimum Gasteiger partial charge on any atom is -0.380 e. The molecule has 2 heteroatoms. The van der Waals surface area contributed by atoms with E-state index in [-0.39, 0.29) is 11.1 Å². The number of rotatable bonds is 2. The van der Waals surface area contributed by atoms with Crippen molar-refractivity contribution in [1.82, 2.24) is 0 Å². The van der Waals surface area contributed by atoms with Gasteiger partial charge in [-0.3, -0.25) is 0 Å². The predicted molar refractivity (Wildman–Crippen MR) is 79.1 cm³/mol. The Morgan fingerprint density at radius 1 is 1.16 bits per heavy atom. The van der Waals surface area contributed by atoms with E-state index >= 15 is 0 Å². The molecule has 0 saturated heterocycles. The first-order valence-electron chi connectivity index (χ1n) is 7.68. The average Bonchev–Trinajstić information content (AvgIpc) is 2.24. The van der Waals surface area contributed by atoms with E-state index in [1.54, 1.807) is 0 Å². The summed E-state index contributed by atoms with van der Waals surface area (Å²) in [4.78, 5) is 0. The van der Waals surface area contributed by atoms with Crippen LogP contribution < -0.4 is 11.1 Å². The molecule has 19 heavy (non-hydrogen) atoms. The molecule has 1 aromatic rings. The minimum atomic E-state index is 0.126. The van der Waals surface area contributed by atoms with Crippen molar-refractivity contribution in [2.75, 3.05) is 5.32 Å². The normalized spacial score (nSPS) is 43.5. The van der Waals surface area contributed by atoms with Gasteiger partial charge in [-0.15, -0.1) is 0 Å². The first-order valence-corrected chi connectivity index (χ1v) is 7.68. The third-order valence-electron chi connectivity index (χ3n) is 5.53. The number of benzene rings is 1. The van der Waals surface area contributed by atoms with Crippen LogP contribution in [0.4, 0.5) is 5.69 Å². The molecule has 102 valence electrons. The maximum Gasteiger partial charge on any atom is 0.0396 e. The molecule has 0 heterocycles. The van der Waals surface area contributed by atoms with Gasteiger partial charge in [-0.05, 0) is 75.0 Å². The Morgan fingerprint density at radius 2 is 1.89 bits per heavy atom. The summed E-state index contributed by atoms with van der Waals surface area (Å²) in [5.74, 6) is 1.73. The average molecular weight is 256 g/mol. The molecule has 2 atom stereocenters. The number of nitrogens with one attached hydrogen (secondary N) is 1. The van der Waals surface area contributed by atoms with Crippen LogP contribution in [0.25, 0.3) is 0 Å². The molecule has 4 fully saturated rings. The Labute approximate surface area is 115 Å². The smallest absolute Gasteiger partial charge is 0.0396 e. The summed E-state index contributed by atoms with van der Waals surface area (Å²) in [6.07, 6.45) is 7.78. The van der Waals surface area contributed by atoms with Crippen LogP contribution >= 0.6 is 0 Å². The maximum absolute atomic E-state index is 6.65. The molecular weight excluding hydrogens is 232 g/mol. The van der Waals surface area contributed by atoms with Gasteiger partial charge < -0.3 is 11.1 Å². The van der Waals surface area contributed by atoms with E-state index in [1.165, 1.54) is 49.8 Å². The van der Waals surface area contributed by atoms with E-state index in [0.29, 0.717) is 0 Å². The standard InChI is InChI=1S/C17H24N2/c1-12-3-2-4-15(5-12)19-17-9-13-6-14(10-17)8-16(18,7-13)11-17/h2-5,13-14,19H,6-11,18H2,1H3. The van der Waals surface area contributed by atoms with Crippen molar-refractivity contribution in [2.45, 2.75) is 56.5 Å². The Kier molecular flexibility index (Phi) is 2.33. The molecule has 4 aliphatic carbocycles. The lowest BCUT2D eigenvalue weighted by Crippen LogP contribution is -2.65. The zero-order valence-corrected chi connectivity index (χ0v) is 11.8. The van der Waals surface area contributed by atoms with Gasteiger partial charge in [-0.1, -0.05) is 12.1 Å². The summed E-state index contributed by atoms with van der Waals surface area (Å²) in [7, 11) is 0. The zero-order chi connectivity index (χ0) is 13.1. The van der Waals surface area contributed by atoms with Crippen LogP contribution in [0.15, 0.2) is 24.3 Å². The van der Waals surface area contributed by atoms with Gasteiger partial charge in [0.2, 0.25) is 0 Å². The second kappa shape index (κ2) is 3.76. The summed E-state index contributed by atoms with van der Waals surface area (Å²) in [5, 5.41) is 3.87. The van der Waals surface area contributed by atoms with E-state index in [2.05, 4.69) is 36.5 Å². The molecule has 1 aromatic carbocycles. The fourth-order valence-electron chi connectivity index (χ4n) is 5.51. The summed E-state index contributed by atoms with van der Waals surface area (Å²) >= 11 is 0. The van der Waals surface area contributed by atoms with Crippen molar-refractivity contribution < 1.29 is 0 Å². The summed E-state index contributed by atoms with van der Waals surface area (Å²) in [6, 6.07) is 8.78. The number of aryl methyl sites for hydroxylation is 1. The molecule has 4 bridgehead atoms. The van der Waals surface area contributed by atoms with Crippen molar-refractivity contribution in [2.24, 2.45) is 17.6 Å². The lowest BCUT2D eigenvalue weighted by Gasteiger charge is -2.61. The SMILES string of the molecule is Cc1cccc(NC23CC4CC(CC(N)(C4)C2)C3)c1. The zero-order valence-electron chi connectivity index (χ0n) is 11.8. The fraction of sp³-hybridized carbons (Fsp3) is 0.647. The van der Waals surface area contributed by atoms with Crippen molar-refractivity contribution in [1.29, 1.82) is 0 Å². The first kappa shape index (κ1) is 11.8. The molecule has 2 unspecified atom stereocenters. The van der Waals surface area contributed by atoms with Crippen molar-refractivity contribution in [3.63, 3.8) is 0 Å². The third kappa shape index (κ3) is 1.97. The second-order valence-corrected chi connectivity index (χ2v) is 7.60. The van der Waals surface area contributed by atoms with Crippen LogP contribution in [0.3, 0.4) is 0 Å². The van der Waals surface area contributed by atoms with Crippen molar-refractivity contribution in [3.8, 4) is 0 Å².